The number of fused-ring (bicyclic) bond motifs is 2. The van der Waals surface area contributed by atoms with Crippen molar-refractivity contribution in [2.75, 3.05) is 13.1 Å². The first-order valence-electron chi connectivity index (χ1n) is 25.5. The summed E-state index contributed by atoms with van der Waals surface area (Å²) in [5, 5.41) is 0. The van der Waals surface area contributed by atoms with Gasteiger partial charge in [-0.15, -0.1) is 45.3 Å². The minimum Gasteiger partial charge on any atom is -0.311 e. The highest BCUT2D eigenvalue weighted by Gasteiger charge is 2.48. The van der Waals surface area contributed by atoms with E-state index in [4.69, 9.17) is 0 Å². The molecule has 2 aliphatic rings. The van der Waals surface area contributed by atoms with Crippen molar-refractivity contribution in [2.24, 2.45) is 11.8 Å². The molecule has 0 fully saturated rings. The number of carbonyl (C=O) groups excluding carboxylic acids is 2. The first kappa shape index (κ1) is 49.9. The second-order valence-corrected chi connectivity index (χ2v) is 23.6. The SMILES string of the molecule is CCCCCCCCCCC(C)CN1C(=O)C2=C(c3ccc(-c4cc5sc(-c6ccc(C)s6)cc5s4)s3)N(CC(CCCCCCCC)CCCCCCCCCC)C(=O)C2=C1C. The van der Waals surface area contributed by atoms with Gasteiger partial charge >= 0.3 is 0 Å². The molecular formula is C55H80N2O2S4. The van der Waals surface area contributed by atoms with E-state index in [1.54, 1.807) is 11.3 Å². The van der Waals surface area contributed by atoms with Crippen molar-refractivity contribution in [3.05, 3.63) is 63.0 Å². The largest absolute Gasteiger partial charge is 0.311 e. The van der Waals surface area contributed by atoms with Crippen molar-refractivity contribution >= 4 is 72.3 Å². The van der Waals surface area contributed by atoms with E-state index in [0.717, 1.165) is 35.5 Å². The molecule has 0 spiro atoms. The fourth-order valence-corrected chi connectivity index (χ4v) is 14.3. The van der Waals surface area contributed by atoms with E-state index in [2.05, 4.69) is 75.9 Å². The van der Waals surface area contributed by atoms with Gasteiger partial charge in [0.1, 0.15) is 0 Å². The summed E-state index contributed by atoms with van der Waals surface area (Å²) in [5.41, 5.74) is 3.08. The molecule has 4 aromatic heterocycles. The molecule has 0 aliphatic carbocycles. The van der Waals surface area contributed by atoms with Crippen LogP contribution in [0.15, 0.2) is 53.2 Å². The zero-order valence-electron chi connectivity index (χ0n) is 40.1. The monoisotopic (exact) mass is 929 g/mol. The number of amides is 2. The number of hydrogen-bond donors (Lipinski definition) is 0. The Balaban J connectivity index is 1.22. The number of thiophene rings is 4. The normalized spacial score (nSPS) is 15.3. The number of rotatable bonds is 32. The molecule has 0 aromatic carbocycles. The Kier molecular flexibility index (Phi) is 20.6. The van der Waals surface area contributed by atoms with Crippen molar-refractivity contribution in [3.63, 3.8) is 0 Å². The first-order chi connectivity index (χ1) is 30.7. The van der Waals surface area contributed by atoms with Crippen LogP contribution < -0.4 is 0 Å². The lowest BCUT2D eigenvalue weighted by Gasteiger charge is -2.28. The van der Waals surface area contributed by atoms with Crippen molar-refractivity contribution in [3.8, 4) is 19.5 Å². The first-order valence-corrected chi connectivity index (χ1v) is 28.8. The summed E-state index contributed by atoms with van der Waals surface area (Å²) in [6, 6.07) is 13.6. The van der Waals surface area contributed by atoms with Crippen LogP contribution in [-0.4, -0.2) is 34.7 Å². The van der Waals surface area contributed by atoms with Crippen LogP contribution in [-0.2, 0) is 9.59 Å². The number of unbranched alkanes of at least 4 members (excludes halogenated alkanes) is 19. The molecule has 0 saturated heterocycles. The molecule has 6 heterocycles. The Hall–Kier alpha value is -2.52. The quantitative estimate of drug-likeness (QED) is 0.0458. The summed E-state index contributed by atoms with van der Waals surface area (Å²) >= 11 is 7.36. The van der Waals surface area contributed by atoms with Gasteiger partial charge in [-0.2, -0.15) is 0 Å². The number of hydrogen-bond acceptors (Lipinski definition) is 6. The fourth-order valence-electron chi connectivity index (χ4n) is 9.85. The maximum atomic E-state index is 14.9. The van der Waals surface area contributed by atoms with E-state index in [9.17, 15) is 9.59 Å². The Bertz CT molecular complexity index is 2060. The maximum absolute atomic E-state index is 14.9. The highest BCUT2D eigenvalue weighted by atomic mass is 32.1. The molecule has 2 atom stereocenters. The van der Waals surface area contributed by atoms with Crippen molar-refractivity contribution in [1.82, 2.24) is 9.80 Å². The van der Waals surface area contributed by atoms with Gasteiger partial charge in [0, 0.05) is 52.6 Å². The lowest BCUT2D eigenvalue weighted by Crippen LogP contribution is -2.34. The molecule has 6 rings (SSSR count). The van der Waals surface area contributed by atoms with Gasteiger partial charge < -0.3 is 9.80 Å². The maximum Gasteiger partial charge on any atom is 0.261 e. The van der Waals surface area contributed by atoms with Crippen molar-refractivity contribution in [2.45, 2.75) is 202 Å². The molecule has 0 N–H and O–H groups in total. The van der Waals surface area contributed by atoms with Gasteiger partial charge in [0.25, 0.3) is 11.8 Å². The lowest BCUT2D eigenvalue weighted by molar-refractivity contribution is -0.124. The van der Waals surface area contributed by atoms with Gasteiger partial charge in [0.05, 0.1) is 21.7 Å². The summed E-state index contributed by atoms with van der Waals surface area (Å²) in [6.45, 7) is 14.8. The third-order valence-corrected chi connectivity index (χ3v) is 18.4. The van der Waals surface area contributed by atoms with Crippen molar-refractivity contribution < 1.29 is 9.59 Å². The lowest BCUT2D eigenvalue weighted by atomic mass is 9.93. The van der Waals surface area contributed by atoms with E-state index < -0.39 is 0 Å². The molecule has 346 valence electrons. The third-order valence-electron chi connectivity index (χ3n) is 13.6. The molecule has 0 saturated carbocycles. The molecular weight excluding hydrogens is 849 g/mol. The van der Waals surface area contributed by atoms with Crippen LogP contribution >= 0.6 is 45.3 Å². The molecule has 4 nitrogen and oxygen atoms in total. The van der Waals surface area contributed by atoms with Crippen LogP contribution in [0.2, 0.25) is 0 Å². The van der Waals surface area contributed by atoms with Gasteiger partial charge in [-0.25, -0.2) is 0 Å². The van der Waals surface area contributed by atoms with Gasteiger partial charge in [0.2, 0.25) is 0 Å². The van der Waals surface area contributed by atoms with Crippen LogP contribution in [0.25, 0.3) is 34.6 Å². The molecule has 2 amide bonds. The molecule has 8 heteroatoms. The highest BCUT2D eigenvalue weighted by Crippen LogP contribution is 2.49. The van der Waals surface area contributed by atoms with E-state index >= 15 is 0 Å². The topological polar surface area (TPSA) is 40.6 Å². The van der Waals surface area contributed by atoms with Crippen LogP contribution in [0.4, 0.5) is 0 Å². The summed E-state index contributed by atoms with van der Waals surface area (Å²) in [5.74, 6) is 0.904. The Morgan fingerprint density at radius 2 is 0.905 bits per heavy atom. The molecule has 63 heavy (non-hydrogen) atoms. The Morgan fingerprint density at radius 1 is 0.460 bits per heavy atom. The van der Waals surface area contributed by atoms with Gasteiger partial charge in [-0.05, 0) is 81.3 Å². The predicted molar refractivity (Wildman–Crippen MR) is 279 cm³/mol. The Morgan fingerprint density at radius 3 is 1.41 bits per heavy atom. The second-order valence-electron chi connectivity index (χ2n) is 19.1. The molecule has 0 bridgehead atoms. The third kappa shape index (κ3) is 13.8. The van der Waals surface area contributed by atoms with E-state index in [1.165, 1.54) is 175 Å². The number of carbonyl (C=O) groups is 2. The second kappa shape index (κ2) is 26.0. The standard InChI is InChI=1S/C55H80N2O2S4/c1-7-10-13-16-19-21-23-26-29-40(4)38-56-42(6)51-52(55(56)59)53(46-35-34-45(61-46)48-37-50-49(63-48)36-47(62-50)44-33-32-41(5)60-44)57(54(51)58)39-43(30-27-24-18-15-12-9-3)31-28-25-22-20-17-14-11-8-2/h32-37,40,43H,7-31,38-39H2,1-6H3. The number of aryl methyl sites for hydroxylation is 1. The summed E-state index contributed by atoms with van der Waals surface area (Å²) in [7, 11) is 0. The van der Waals surface area contributed by atoms with Crippen molar-refractivity contribution in [1.29, 1.82) is 0 Å². The van der Waals surface area contributed by atoms with E-state index in [1.807, 2.05) is 45.8 Å². The van der Waals surface area contributed by atoms with Gasteiger partial charge in [-0.3, -0.25) is 9.59 Å². The van der Waals surface area contributed by atoms with Gasteiger partial charge in [0.15, 0.2) is 0 Å². The van der Waals surface area contributed by atoms with E-state index in [0.29, 0.717) is 36.1 Å². The molecule has 2 aliphatic heterocycles. The molecule has 0 radical (unpaired) electrons. The van der Waals surface area contributed by atoms with Gasteiger partial charge in [-0.1, -0.05) is 169 Å². The molecule has 4 aromatic rings. The zero-order valence-corrected chi connectivity index (χ0v) is 43.3. The average Bonchev–Trinajstić information content (AvgIpc) is 4.13. The van der Waals surface area contributed by atoms with Crippen LogP contribution in [0.1, 0.15) is 205 Å². The summed E-state index contributed by atoms with van der Waals surface area (Å²) < 4.78 is 2.65. The Labute approximate surface area is 398 Å². The fraction of sp³-hybridized carbons (Fsp3) is 0.636. The smallest absolute Gasteiger partial charge is 0.261 e. The minimum atomic E-state index is 0.0367. The summed E-state index contributed by atoms with van der Waals surface area (Å²) in [6.07, 6.45) is 32.1. The average molecular weight is 930 g/mol. The zero-order chi connectivity index (χ0) is 44.6. The minimum absolute atomic E-state index is 0.0367. The molecule has 2 unspecified atom stereocenters. The van der Waals surface area contributed by atoms with Crippen LogP contribution in [0.5, 0.6) is 0 Å². The van der Waals surface area contributed by atoms with Crippen LogP contribution in [0.3, 0.4) is 0 Å². The number of nitrogens with zero attached hydrogens (tertiary/aromatic N) is 2. The number of allylic oxidation sites excluding steroid dienone is 1. The van der Waals surface area contributed by atoms with E-state index in [-0.39, 0.29) is 11.8 Å². The predicted octanol–water partition coefficient (Wildman–Crippen LogP) is 18.5. The summed E-state index contributed by atoms with van der Waals surface area (Å²) in [4.78, 5) is 41.4. The van der Waals surface area contributed by atoms with Crippen LogP contribution in [0, 0.1) is 18.8 Å². The highest BCUT2D eigenvalue weighted by molar-refractivity contribution is 7.33.